The van der Waals surface area contributed by atoms with E-state index in [-0.39, 0.29) is 5.91 Å². The molecule has 0 saturated carbocycles. The van der Waals surface area contributed by atoms with E-state index in [1.54, 1.807) is 12.1 Å². The lowest BCUT2D eigenvalue weighted by Gasteiger charge is -2.26. The molecule has 2 aromatic carbocycles. The van der Waals surface area contributed by atoms with Gasteiger partial charge in [0, 0.05) is 37.4 Å². The molecule has 1 aliphatic heterocycles. The van der Waals surface area contributed by atoms with Gasteiger partial charge in [0.1, 0.15) is 0 Å². The van der Waals surface area contributed by atoms with Crippen LogP contribution in [-0.4, -0.2) is 37.1 Å². The molecule has 3 N–H and O–H groups in total. The molecule has 1 amide bonds. The first-order chi connectivity index (χ1) is 12.1. The Morgan fingerprint density at radius 3 is 2.52 bits per heavy atom. The van der Waals surface area contributed by atoms with Gasteiger partial charge in [0.2, 0.25) is 0 Å². The summed E-state index contributed by atoms with van der Waals surface area (Å²) >= 11 is 0. The van der Waals surface area contributed by atoms with Crippen molar-refractivity contribution in [3.05, 3.63) is 64.7 Å². The maximum absolute atomic E-state index is 12.3. The van der Waals surface area contributed by atoms with Gasteiger partial charge in [0.15, 0.2) is 0 Å². The maximum Gasteiger partial charge on any atom is 0.251 e. The second-order valence-corrected chi connectivity index (χ2v) is 6.46. The third-order valence-electron chi connectivity index (χ3n) is 4.49. The molecule has 0 unspecified atom stereocenters. The highest BCUT2D eigenvalue weighted by Gasteiger charge is 2.11. The summed E-state index contributed by atoms with van der Waals surface area (Å²) in [5, 5.41) is 2.96. The SMILES string of the molecule is Cc1ccc(N)cc1C(=O)NCc1ccc(CN2CCOCC2)cc1. The van der Waals surface area contributed by atoms with Crippen LogP contribution in [0.5, 0.6) is 0 Å². The Hall–Kier alpha value is -2.37. The second-order valence-electron chi connectivity index (χ2n) is 6.46. The molecule has 132 valence electrons. The fourth-order valence-corrected chi connectivity index (χ4v) is 2.94. The Kier molecular flexibility index (Phi) is 5.68. The summed E-state index contributed by atoms with van der Waals surface area (Å²) in [4.78, 5) is 14.7. The highest BCUT2D eigenvalue weighted by Crippen LogP contribution is 2.13. The van der Waals surface area contributed by atoms with Crippen LogP contribution in [0.1, 0.15) is 27.0 Å². The van der Waals surface area contributed by atoms with E-state index in [0.717, 1.165) is 44.0 Å². The summed E-state index contributed by atoms with van der Waals surface area (Å²) in [5.41, 5.74) is 10.3. The summed E-state index contributed by atoms with van der Waals surface area (Å²) in [6, 6.07) is 13.8. The van der Waals surface area contributed by atoms with Crippen molar-refractivity contribution < 1.29 is 9.53 Å². The Morgan fingerprint density at radius 1 is 1.12 bits per heavy atom. The van der Waals surface area contributed by atoms with Gasteiger partial charge in [-0.1, -0.05) is 30.3 Å². The molecule has 0 spiro atoms. The molecule has 3 rings (SSSR count). The Bertz CT molecular complexity index is 722. The molecule has 1 aliphatic rings. The Morgan fingerprint density at radius 2 is 1.80 bits per heavy atom. The molecule has 25 heavy (non-hydrogen) atoms. The predicted molar refractivity (Wildman–Crippen MR) is 99.3 cm³/mol. The minimum Gasteiger partial charge on any atom is -0.399 e. The number of ether oxygens (including phenoxy) is 1. The maximum atomic E-state index is 12.3. The number of anilines is 1. The van der Waals surface area contributed by atoms with E-state index in [2.05, 4.69) is 34.5 Å². The first kappa shape index (κ1) is 17.5. The number of aryl methyl sites for hydroxylation is 1. The highest BCUT2D eigenvalue weighted by molar-refractivity contribution is 5.96. The number of nitrogens with zero attached hydrogens (tertiary/aromatic N) is 1. The number of amides is 1. The van der Waals surface area contributed by atoms with E-state index in [1.807, 2.05) is 13.0 Å². The number of rotatable bonds is 5. The monoisotopic (exact) mass is 339 g/mol. The van der Waals surface area contributed by atoms with Gasteiger partial charge >= 0.3 is 0 Å². The van der Waals surface area contributed by atoms with Crippen LogP contribution in [-0.2, 0) is 17.8 Å². The number of nitrogens with one attached hydrogen (secondary N) is 1. The largest absolute Gasteiger partial charge is 0.399 e. The molecule has 1 saturated heterocycles. The van der Waals surface area contributed by atoms with Crippen LogP contribution < -0.4 is 11.1 Å². The zero-order valence-electron chi connectivity index (χ0n) is 14.6. The van der Waals surface area contributed by atoms with E-state index in [4.69, 9.17) is 10.5 Å². The number of carbonyl (C=O) groups is 1. The van der Waals surface area contributed by atoms with Crippen molar-refractivity contribution in [3.63, 3.8) is 0 Å². The molecule has 5 nitrogen and oxygen atoms in total. The minimum atomic E-state index is -0.0952. The third kappa shape index (κ3) is 4.81. The normalized spacial score (nSPS) is 15.1. The number of benzene rings is 2. The molecular weight excluding hydrogens is 314 g/mol. The number of nitrogen functional groups attached to an aromatic ring is 1. The summed E-state index contributed by atoms with van der Waals surface area (Å²) in [5.74, 6) is -0.0952. The minimum absolute atomic E-state index is 0.0952. The third-order valence-corrected chi connectivity index (χ3v) is 4.49. The van der Waals surface area contributed by atoms with Crippen LogP contribution in [0.4, 0.5) is 5.69 Å². The van der Waals surface area contributed by atoms with Gasteiger partial charge in [-0.05, 0) is 35.7 Å². The van der Waals surface area contributed by atoms with Crippen molar-refractivity contribution >= 4 is 11.6 Å². The average molecular weight is 339 g/mol. The summed E-state index contributed by atoms with van der Waals surface area (Å²) < 4.78 is 5.37. The predicted octanol–water partition coefficient (Wildman–Crippen LogP) is 2.34. The topological polar surface area (TPSA) is 67.6 Å². The smallest absolute Gasteiger partial charge is 0.251 e. The second kappa shape index (κ2) is 8.14. The van der Waals surface area contributed by atoms with E-state index in [9.17, 15) is 4.79 Å². The lowest BCUT2D eigenvalue weighted by atomic mass is 10.1. The van der Waals surface area contributed by atoms with Crippen molar-refractivity contribution in [2.75, 3.05) is 32.0 Å². The first-order valence-corrected chi connectivity index (χ1v) is 8.64. The van der Waals surface area contributed by atoms with Gasteiger partial charge in [-0.25, -0.2) is 0 Å². The molecule has 5 heteroatoms. The standard InChI is InChI=1S/C20H25N3O2/c1-15-2-7-18(21)12-19(15)20(24)22-13-16-3-5-17(6-4-16)14-23-8-10-25-11-9-23/h2-7,12H,8-11,13-14,21H2,1H3,(H,22,24). The van der Waals surface area contributed by atoms with Gasteiger partial charge in [-0.2, -0.15) is 0 Å². The summed E-state index contributed by atoms with van der Waals surface area (Å²) in [6.07, 6.45) is 0. The van der Waals surface area contributed by atoms with Gasteiger partial charge in [0.05, 0.1) is 13.2 Å². The Balaban J connectivity index is 1.54. The van der Waals surface area contributed by atoms with Crippen LogP contribution >= 0.6 is 0 Å². The van der Waals surface area contributed by atoms with Gasteiger partial charge in [-0.3, -0.25) is 9.69 Å². The average Bonchev–Trinajstić information content (AvgIpc) is 2.64. The lowest BCUT2D eigenvalue weighted by molar-refractivity contribution is 0.0342. The molecule has 1 fully saturated rings. The van der Waals surface area contributed by atoms with Gasteiger partial charge in [0.25, 0.3) is 5.91 Å². The van der Waals surface area contributed by atoms with Crippen molar-refractivity contribution in [1.82, 2.24) is 10.2 Å². The number of carbonyl (C=O) groups excluding carboxylic acids is 1. The fourth-order valence-electron chi connectivity index (χ4n) is 2.94. The number of hydrogen-bond donors (Lipinski definition) is 2. The number of morpholine rings is 1. The molecule has 0 bridgehead atoms. The van der Waals surface area contributed by atoms with Crippen molar-refractivity contribution in [3.8, 4) is 0 Å². The molecule has 1 heterocycles. The van der Waals surface area contributed by atoms with E-state index >= 15 is 0 Å². The summed E-state index contributed by atoms with van der Waals surface area (Å²) in [6.45, 7) is 6.95. The van der Waals surface area contributed by atoms with E-state index in [1.165, 1.54) is 5.56 Å². The van der Waals surface area contributed by atoms with E-state index < -0.39 is 0 Å². The lowest BCUT2D eigenvalue weighted by Crippen LogP contribution is -2.35. The molecule has 0 atom stereocenters. The highest BCUT2D eigenvalue weighted by atomic mass is 16.5. The summed E-state index contributed by atoms with van der Waals surface area (Å²) in [7, 11) is 0. The molecule has 0 aliphatic carbocycles. The van der Waals surface area contributed by atoms with Crippen molar-refractivity contribution in [2.24, 2.45) is 0 Å². The zero-order valence-corrected chi connectivity index (χ0v) is 14.6. The van der Waals surface area contributed by atoms with Crippen LogP contribution in [0.25, 0.3) is 0 Å². The van der Waals surface area contributed by atoms with Crippen LogP contribution in [0.2, 0.25) is 0 Å². The van der Waals surface area contributed by atoms with Crippen molar-refractivity contribution in [2.45, 2.75) is 20.0 Å². The fraction of sp³-hybridized carbons (Fsp3) is 0.350. The molecule has 0 radical (unpaired) electrons. The molecule has 0 aromatic heterocycles. The Labute approximate surface area is 148 Å². The van der Waals surface area contributed by atoms with Gasteiger partial charge < -0.3 is 15.8 Å². The van der Waals surface area contributed by atoms with Crippen molar-refractivity contribution in [1.29, 1.82) is 0 Å². The van der Waals surface area contributed by atoms with Gasteiger partial charge in [-0.15, -0.1) is 0 Å². The number of nitrogens with two attached hydrogens (primary N) is 1. The first-order valence-electron chi connectivity index (χ1n) is 8.64. The molecular formula is C20H25N3O2. The molecule has 2 aromatic rings. The van der Waals surface area contributed by atoms with Crippen LogP contribution in [0.3, 0.4) is 0 Å². The van der Waals surface area contributed by atoms with Crippen LogP contribution in [0, 0.1) is 6.92 Å². The number of hydrogen-bond acceptors (Lipinski definition) is 4. The van der Waals surface area contributed by atoms with E-state index in [0.29, 0.717) is 17.8 Å². The quantitative estimate of drug-likeness (QED) is 0.821. The zero-order chi connectivity index (χ0) is 17.6. The van der Waals surface area contributed by atoms with Crippen LogP contribution in [0.15, 0.2) is 42.5 Å².